The molecular weight excluding hydrogens is 328 g/mol. The fraction of sp³-hybridized carbons (Fsp3) is 0.231. The van der Waals surface area contributed by atoms with Crippen LogP contribution in [0.2, 0.25) is 0 Å². The van der Waals surface area contributed by atoms with Crippen LogP contribution in [0.3, 0.4) is 0 Å². The molecule has 0 aliphatic heterocycles. The van der Waals surface area contributed by atoms with Gasteiger partial charge in [-0.2, -0.15) is 0 Å². The number of anilines is 1. The topological polar surface area (TPSA) is 46.4 Å². The van der Waals surface area contributed by atoms with Crippen molar-refractivity contribution in [3.63, 3.8) is 0 Å². The summed E-state index contributed by atoms with van der Waals surface area (Å²) in [4.78, 5) is 13.9. The largest absolute Gasteiger partial charge is 0.364 e. The number of nitrogens with zero attached hydrogens (tertiary/aromatic N) is 2. The van der Waals surface area contributed by atoms with E-state index in [0.29, 0.717) is 17.6 Å². The quantitative estimate of drug-likeness (QED) is 0.465. The van der Waals surface area contributed by atoms with Crippen molar-refractivity contribution in [1.29, 1.82) is 0 Å². The Morgan fingerprint density at radius 3 is 2.79 bits per heavy atom. The molecule has 100 valence electrons. The van der Waals surface area contributed by atoms with Gasteiger partial charge < -0.3 is 4.90 Å². The molecular formula is C13H13BrN2O2S. The van der Waals surface area contributed by atoms with E-state index in [1.165, 1.54) is 4.88 Å². The highest BCUT2D eigenvalue weighted by Crippen LogP contribution is 2.30. The molecule has 0 bridgehead atoms. The van der Waals surface area contributed by atoms with Crippen molar-refractivity contribution in [3.05, 3.63) is 56.3 Å². The predicted octanol–water partition coefficient (Wildman–Crippen LogP) is 4.19. The van der Waals surface area contributed by atoms with Crippen molar-refractivity contribution < 1.29 is 4.92 Å². The van der Waals surface area contributed by atoms with Gasteiger partial charge in [-0.05, 0) is 23.1 Å². The van der Waals surface area contributed by atoms with Crippen LogP contribution in [0.4, 0.5) is 11.4 Å². The average Bonchev–Trinajstić information content (AvgIpc) is 2.90. The van der Waals surface area contributed by atoms with E-state index in [4.69, 9.17) is 0 Å². The lowest BCUT2D eigenvalue weighted by atomic mass is 10.2. The molecule has 0 aliphatic carbocycles. The van der Waals surface area contributed by atoms with Crippen LogP contribution in [-0.4, -0.2) is 12.0 Å². The molecule has 19 heavy (non-hydrogen) atoms. The minimum atomic E-state index is -0.327. The number of nitro groups is 1. The minimum absolute atomic E-state index is 0.149. The highest BCUT2D eigenvalue weighted by molar-refractivity contribution is 9.08. The molecule has 0 spiro atoms. The van der Waals surface area contributed by atoms with Crippen LogP contribution in [0.5, 0.6) is 0 Å². The second kappa shape index (κ2) is 6.16. The lowest BCUT2D eigenvalue weighted by Gasteiger charge is -2.18. The molecule has 2 aromatic rings. The third-order valence-corrected chi connectivity index (χ3v) is 4.28. The summed E-state index contributed by atoms with van der Waals surface area (Å²) in [5, 5.41) is 13.8. The number of hydrogen-bond donors (Lipinski definition) is 0. The van der Waals surface area contributed by atoms with Crippen LogP contribution in [0.1, 0.15) is 10.4 Å². The fourth-order valence-corrected chi connectivity index (χ4v) is 2.95. The van der Waals surface area contributed by atoms with Crippen LogP contribution in [0, 0.1) is 10.1 Å². The molecule has 0 N–H and O–H groups in total. The maximum atomic E-state index is 11.2. The Morgan fingerprint density at radius 1 is 1.42 bits per heavy atom. The molecule has 0 fully saturated rings. The van der Waals surface area contributed by atoms with Gasteiger partial charge in [0, 0.05) is 23.3 Å². The molecule has 0 radical (unpaired) electrons. The van der Waals surface area contributed by atoms with Gasteiger partial charge in [0.25, 0.3) is 5.69 Å². The molecule has 0 amide bonds. The highest BCUT2D eigenvalue weighted by atomic mass is 79.9. The summed E-state index contributed by atoms with van der Waals surface area (Å²) >= 11 is 4.97. The standard InChI is InChI=1S/C13H13BrN2O2S/c1-15(9-11-3-2-6-19-11)12-5-4-10(8-14)7-13(12)16(17)18/h2-7H,8-9H2,1H3. The van der Waals surface area contributed by atoms with E-state index in [1.54, 1.807) is 17.4 Å². The normalized spacial score (nSPS) is 10.4. The van der Waals surface area contributed by atoms with E-state index in [9.17, 15) is 10.1 Å². The van der Waals surface area contributed by atoms with Crippen LogP contribution in [0.25, 0.3) is 0 Å². The minimum Gasteiger partial charge on any atom is -0.364 e. The van der Waals surface area contributed by atoms with E-state index in [2.05, 4.69) is 15.9 Å². The van der Waals surface area contributed by atoms with E-state index in [1.807, 2.05) is 41.6 Å². The Morgan fingerprint density at radius 2 is 2.21 bits per heavy atom. The Labute approximate surface area is 124 Å². The zero-order chi connectivity index (χ0) is 13.8. The van der Waals surface area contributed by atoms with E-state index < -0.39 is 0 Å². The van der Waals surface area contributed by atoms with Crippen LogP contribution in [0.15, 0.2) is 35.7 Å². The maximum Gasteiger partial charge on any atom is 0.292 e. The fourth-order valence-electron chi connectivity index (χ4n) is 1.84. The second-order valence-corrected chi connectivity index (χ2v) is 5.74. The molecule has 0 saturated carbocycles. The van der Waals surface area contributed by atoms with Gasteiger partial charge in [0.1, 0.15) is 5.69 Å². The number of halogens is 1. The van der Waals surface area contributed by atoms with Gasteiger partial charge in [-0.1, -0.05) is 28.1 Å². The highest BCUT2D eigenvalue weighted by Gasteiger charge is 2.18. The van der Waals surface area contributed by atoms with Crippen LogP contribution >= 0.6 is 27.3 Å². The number of alkyl halides is 1. The van der Waals surface area contributed by atoms with Crippen molar-refractivity contribution in [1.82, 2.24) is 0 Å². The first-order valence-electron chi connectivity index (χ1n) is 5.68. The summed E-state index contributed by atoms with van der Waals surface area (Å²) in [5.41, 5.74) is 1.69. The molecule has 4 nitrogen and oxygen atoms in total. The Kier molecular flexibility index (Phi) is 4.55. The molecule has 0 unspecified atom stereocenters. The molecule has 0 aliphatic rings. The summed E-state index contributed by atoms with van der Waals surface area (Å²) in [6, 6.07) is 9.34. The monoisotopic (exact) mass is 340 g/mol. The zero-order valence-corrected chi connectivity index (χ0v) is 12.8. The van der Waals surface area contributed by atoms with Crippen molar-refractivity contribution in [2.45, 2.75) is 11.9 Å². The third kappa shape index (κ3) is 3.33. The van der Waals surface area contributed by atoms with E-state index >= 15 is 0 Å². The van der Waals surface area contributed by atoms with Crippen molar-refractivity contribution >= 4 is 38.6 Å². The predicted molar refractivity (Wildman–Crippen MR) is 82.2 cm³/mol. The maximum absolute atomic E-state index is 11.2. The lowest BCUT2D eigenvalue weighted by molar-refractivity contribution is -0.384. The third-order valence-electron chi connectivity index (χ3n) is 2.78. The van der Waals surface area contributed by atoms with E-state index in [-0.39, 0.29) is 10.6 Å². The first-order valence-corrected chi connectivity index (χ1v) is 7.68. The summed E-state index contributed by atoms with van der Waals surface area (Å²) in [6.45, 7) is 0.673. The molecule has 6 heteroatoms. The van der Waals surface area contributed by atoms with Crippen LogP contribution in [-0.2, 0) is 11.9 Å². The lowest BCUT2D eigenvalue weighted by Crippen LogP contribution is -2.17. The SMILES string of the molecule is CN(Cc1cccs1)c1ccc(CBr)cc1[N+](=O)[O-]. The van der Waals surface area contributed by atoms with Gasteiger partial charge in [0.05, 0.1) is 11.5 Å². The number of thiophene rings is 1. The molecule has 0 saturated heterocycles. The Hall–Kier alpha value is -1.40. The zero-order valence-electron chi connectivity index (χ0n) is 10.4. The number of rotatable bonds is 5. The molecule has 2 rings (SSSR count). The van der Waals surface area contributed by atoms with Gasteiger partial charge in [-0.3, -0.25) is 10.1 Å². The molecule has 1 aromatic carbocycles. The summed E-state index contributed by atoms with van der Waals surface area (Å²) in [6.07, 6.45) is 0. The average molecular weight is 341 g/mol. The smallest absolute Gasteiger partial charge is 0.292 e. The number of nitro benzene ring substituents is 1. The summed E-state index contributed by atoms with van der Waals surface area (Å²) < 4.78 is 0. The van der Waals surface area contributed by atoms with Crippen LogP contribution < -0.4 is 4.90 Å². The van der Waals surface area contributed by atoms with Gasteiger partial charge >= 0.3 is 0 Å². The molecule has 1 heterocycles. The Bertz CT molecular complexity index is 572. The second-order valence-electron chi connectivity index (χ2n) is 4.15. The van der Waals surface area contributed by atoms with Crippen molar-refractivity contribution in [2.75, 3.05) is 11.9 Å². The van der Waals surface area contributed by atoms with Crippen molar-refractivity contribution in [3.8, 4) is 0 Å². The van der Waals surface area contributed by atoms with Gasteiger partial charge in [-0.15, -0.1) is 11.3 Å². The van der Waals surface area contributed by atoms with Crippen molar-refractivity contribution in [2.24, 2.45) is 0 Å². The van der Waals surface area contributed by atoms with Gasteiger partial charge in [0.15, 0.2) is 0 Å². The summed E-state index contributed by atoms with van der Waals surface area (Å²) in [7, 11) is 1.87. The van der Waals surface area contributed by atoms with Gasteiger partial charge in [0.2, 0.25) is 0 Å². The molecule has 0 atom stereocenters. The number of hydrogen-bond acceptors (Lipinski definition) is 4. The summed E-state index contributed by atoms with van der Waals surface area (Å²) in [5.74, 6) is 0. The van der Waals surface area contributed by atoms with E-state index in [0.717, 1.165) is 5.56 Å². The number of benzene rings is 1. The first kappa shape index (κ1) is 14.0. The van der Waals surface area contributed by atoms with Gasteiger partial charge in [-0.25, -0.2) is 0 Å². The Balaban J connectivity index is 2.30. The first-order chi connectivity index (χ1) is 9.11. The molecule has 1 aromatic heterocycles.